The molecule has 0 atom stereocenters. The quantitative estimate of drug-likeness (QED) is 0.0132. The van der Waals surface area contributed by atoms with E-state index in [0.29, 0.717) is 54.6 Å². The fraction of sp³-hybridized carbons (Fsp3) is 0.361. The van der Waals surface area contributed by atoms with Gasteiger partial charge in [-0.05, 0) is 198 Å². The minimum atomic E-state index is -3.11. The first kappa shape index (κ1) is 89.9. The largest absolute Gasteiger partial charge is 1.00 e. The zero-order chi connectivity index (χ0) is 78.5. The van der Waals surface area contributed by atoms with Crippen LogP contribution in [0.3, 0.4) is 0 Å². The number of imidazole rings is 1. The second-order valence-electron chi connectivity index (χ2n) is 26.9. The van der Waals surface area contributed by atoms with Gasteiger partial charge in [0.25, 0.3) is 0 Å². The molecule has 26 heteroatoms. The number of carbonyl (C=O) groups excluding carboxylic acids is 2. The molecule has 0 bridgehead atoms. The molecule has 1 aromatic heterocycles. The van der Waals surface area contributed by atoms with Crippen LogP contribution in [0.15, 0.2) is 174 Å². The summed E-state index contributed by atoms with van der Waals surface area (Å²) in [6, 6.07) is 52.7. The third-order valence-electron chi connectivity index (χ3n) is 16.7. The Balaban J connectivity index is 0.000000308. The summed E-state index contributed by atoms with van der Waals surface area (Å²) in [6.07, 6.45) is 8.32. The maximum absolute atomic E-state index is 10.8. The molecule has 0 amide bonds. The summed E-state index contributed by atoms with van der Waals surface area (Å²) < 4.78 is 61.2. The number of nitrogen functional groups attached to an aromatic ring is 3. The van der Waals surface area contributed by atoms with E-state index in [9.17, 15) is 9.59 Å². The van der Waals surface area contributed by atoms with Crippen LogP contribution in [0.1, 0.15) is 76.5 Å². The third kappa shape index (κ3) is 32.2. The number of aliphatic imine (C=N–C) groups is 2. The van der Waals surface area contributed by atoms with E-state index in [4.69, 9.17) is 73.2 Å². The van der Waals surface area contributed by atoms with Crippen molar-refractivity contribution in [3.8, 4) is 45.9 Å². The maximum Gasteiger partial charge on any atom is 1.00 e. The molecule has 0 spiro atoms. The monoisotopic (exact) mass is 1520 g/mol. The van der Waals surface area contributed by atoms with E-state index in [1.165, 1.54) is 11.1 Å². The van der Waals surface area contributed by atoms with Gasteiger partial charge in [-0.15, -0.1) is 12.6 Å². The summed E-state index contributed by atoms with van der Waals surface area (Å²) in [5.41, 5.74) is 33.1. The van der Waals surface area contributed by atoms with Crippen LogP contribution < -0.4 is 80.5 Å². The van der Waals surface area contributed by atoms with Crippen molar-refractivity contribution in [2.75, 3.05) is 173 Å². The summed E-state index contributed by atoms with van der Waals surface area (Å²) in [7, 11) is 23.0. The van der Waals surface area contributed by atoms with Crippen LogP contribution in [-0.4, -0.2) is 221 Å². The Hall–Kier alpha value is -9.67. The maximum atomic E-state index is 10.8. The predicted octanol–water partition coefficient (Wildman–Crippen LogP) is 9.53. The molecule has 0 fully saturated rings. The molecule has 0 saturated carbocycles. The number of aldehydes is 2. The molecule has 11 rings (SSSR count). The third-order valence-corrected chi connectivity index (χ3v) is 16.7. The summed E-state index contributed by atoms with van der Waals surface area (Å²) in [4.78, 5) is 46.3. The molecule has 0 aliphatic carbocycles. The fourth-order valence-electron chi connectivity index (χ4n) is 11.0. The van der Waals surface area contributed by atoms with Gasteiger partial charge in [-0.25, -0.2) is 4.98 Å². The Labute approximate surface area is 669 Å². The van der Waals surface area contributed by atoms with Gasteiger partial charge in [-0.3, -0.25) is 19.6 Å². The van der Waals surface area contributed by atoms with Crippen LogP contribution in [0.4, 0.5) is 34.1 Å². The molecule has 3 heterocycles. The summed E-state index contributed by atoms with van der Waals surface area (Å²) >= 11 is 0. The van der Waals surface area contributed by atoms with Gasteiger partial charge in [-0.2, -0.15) is 0 Å². The zero-order valence-corrected chi connectivity index (χ0v) is 68.7. The number of methoxy groups -OCH3 is 1. The number of aromatic nitrogens is 2. The Morgan fingerprint density at radius 1 is 0.450 bits per heavy atom. The SMILES string of the molecule is CN(C)CCCOc1ccc(N)c(N)c1.CN(C)CCCOc1ccc2c(c1)N=C(c1ccc(-c3nc4cc(OCCCN(C)C)ccc4n3C)cc1)C2.CN(C)CCCOc1ccc2c(c1)N=C(c1ccc(C=O)cc1)C2.CNc1ccc(OCCCN(C)C)cc1N.COc1ccc(C=O)cc1.O=S(=O)=O.[H-].[Na+]. The molecular weight excluding hydrogens is 1410 g/mol. The standard InChI is InChI=1S/C32H39N5O2.C20H22N2O2.C12H21N3O.C11H19N3O.C8H8O2.Na.O3S.H/c1-35(2)16-6-18-38-26-13-12-25-20-28(33-29(25)21-26)23-8-10-24(11-9-23)32-34-30-22-27(14-15-31(30)37(32)5)39-19-7-17-36(3)4;1-22(2)10-3-11-24-18-9-8-17-12-19(21-20(17)13-18)16-6-4-15(14-23)5-7-16;1-14-12-6-5-10(9-11(12)13)16-8-4-7-15(2)3;1-14(2)6-3-7-15-9-4-5-10(12)11(13)8-9;1-10-8-4-2-7(6-9)3-5-8;;1-4(2)3;/h8-15,21-22H,6-7,16-20H2,1-5H3;4-9,13-14H,3,10-12H2,1-2H3;5-6,9,14H,4,7-8,13H2,1-3H3;4-5,8H,3,6-7,12-13H2,1-2H3;2-6H,1H3;;;/q;;;;;+1;;-1. The van der Waals surface area contributed by atoms with Crippen molar-refractivity contribution < 1.29 is 81.6 Å². The Morgan fingerprint density at radius 3 is 1.17 bits per heavy atom. The molecule has 24 nitrogen and oxygen atoms in total. The predicted molar refractivity (Wildman–Crippen MR) is 439 cm³/mol. The Kier molecular flexibility index (Phi) is 39.6. The number of nitrogens with one attached hydrogen (secondary N) is 1. The molecule has 8 aromatic carbocycles. The van der Waals surface area contributed by atoms with E-state index in [1.54, 1.807) is 43.5 Å². The van der Waals surface area contributed by atoms with Crippen molar-refractivity contribution in [1.29, 1.82) is 0 Å². The van der Waals surface area contributed by atoms with Gasteiger partial charge in [-0.1, -0.05) is 60.7 Å². The van der Waals surface area contributed by atoms with E-state index >= 15 is 0 Å². The smallest absolute Gasteiger partial charge is 1.00 e. The Bertz CT molecular complexity index is 4450. The number of hydrogen-bond acceptors (Lipinski definition) is 23. The minimum Gasteiger partial charge on any atom is -1.00 e. The van der Waals surface area contributed by atoms with Crippen molar-refractivity contribution in [1.82, 2.24) is 34.1 Å². The van der Waals surface area contributed by atoms with Crippen LogP contribution in [0, 0.1) is 0 Å². The Morgan fingerprint density at radius 2 is 0.789 bits per heavy atom. The molecule has 9 aromatic rings. The van der Waals surface area contributed by atoms with Gasteiger partial charge in [0.15, 0.2) is 0 Å². The molecule has 2 aliphatic rings. The molecule has 580 valence electrons. The van der Waals surface area contributed by atoms with Crippen molar-refractivity contribution in [3.05, 3.63) is 197 Å². The molecular formula is C83H110N13NaO11S. The van der Waals surface area contributed by atoms with E-state index < -0.39 is 10.6 Å². The average molecular weight is 1520 g/mol. The number of nitrogens with zero attached hydrogens (tertiary/aromatic N) is 9. The number of rotatable bonds is 32. The fourth-order valence-corrected chi connectivity index (χ4v) is 11.0. The van der Waals surface area contributed by atoms with Crippen molar-refractivity contribution >= 4 is 79.8 Å². The number of fused-ring (bicyclic) bond motifs is 3. The van der Waals surface area contributed by atoms with Crippen LogP contribution >= 0.6 is 0 Å². The van der Waals surface area contributed by atoms with Crippen LogP contribution in [0.5, 0.6) is 34.5 Å². The summed E-state index contributed by atoms with van der Waals surface area (Å²) in [6.45, 7) is 8.63. The average Bonchev–Trinajstić information content (AvgIpc) is 1.64. The van der Waals surface area contributed by atoms with E-state index in [-0.39, 0.29) is 31.0 Å². The molecule has 0 radical (unpaired) electrons. The number of hydrogen-bond donors (Lipinski definition) is 4. The molecule has 109 heavy (non-hydrogen) atoms. The van der Waals surface area contributed by atoms with Gasteiger partial charge >= 0.3 is 40.2 Å². The number of carbonyl (C=O) groups is 2. The molecule has 2 aliphatic heterocycles. The van der Waals surface area contributed by atoms with Crippen molar-refractivity contribution in [2.24, 2.45) is 17.0 Å². The number of aryl methyl sites for hydroxylation is 1. The number of nitrogens with two attached hydrogens (primary N) is 3. The van der Waals surface area contributed by atoms with Gasteiger partial charge < -0.3 is 81.4 Å². The van der Waals surface area contributed by atoms with E-state index in [2.05, 4.69) is 152 Å². The van der Waals surface area contributed by atoms with Gasteiger partial charge in [0, 0.05) is 107 Å². The molecule has 0 unspecified atom stereocenters. The van der Waals surface area contributed by atoms with Crippen LogP contribution in [0.25, 0.3) is 22.4 Å². The number of ether oxygens (including phenoxy) is 6. The number of benzene rings is 8. The first-order chi connectivity index (χ1) is 51.8. The minimum absolute atomic E-state index is 0. The van der Waals surface area contributed by atoms with E-state index in [0.717, 1.165) is 193 Å². The zero-order valence-electron chi connectivity index (χ0n) is 66.9. The van der Waals surface area contributed by atoms with E-state index in [1.807, 2.05) is 93.9 Å². The van der Waals surface area contributed by atoms with Crippen molar-refractivity contribution in [2.45, 2.75) is 44.9 Å². The second kappa shape index (κ2) is 48.0. The summed E-state index contributed by atoms with van der Waals surface area (Å²) in [5.74, 6) is 5.93. The van der Waals surface area contributed by atoms with Gasteiger partial charge in [0.1, 0.15) is 52.9 Å². The molecule has 7 N–H and O–H groups in total. The van der Waals surface area contributed by atoms with Crippen LogP contribution in [0.2, 0.25) is 0 Å². The summed E-state index contributed by atoms with van der Waals surface area (Å²) in [5, 5.41) is 3.02. The van der Waals surface area contributed by atoms with Crippen molar-refractivity contribution in [3.63, 3.8) is 0 Å². The van der Waals surface area contributed by atoms with Crippen LogP contribution in [-0.2, 0) is 30.5 Å². The first-order valence-electron chi connectivity index (χ1n) is 35.8. The van der Waals surface area contributed by atoms with Gasteiger partial charge in [0.2, 0.25) is 0 Å². The molecule has 0 saturated heterocycles. The first-order valence-corrected chi connectivity index (χ1v) is 36.8. The number of anilines is 4. The topological polar surface area (TPSA) is 290 Å². The second-order valence-corrected chi connectivity index (χ2v) is 27.3. The normalized spacial score (nSPS) is 11.5. The van der Waals surface area contributed by atoms with Gasteiger partial charge in [0.05, 0.1) is 96.7 Å².